The van der Waals surface area contributed by atoms with Gasteiger partial charge in [-0.3, -0.25) is 9.69 Å². The molecule has 2 bridgehead atoms. The largest absolute Gasteiger partial charge is 0.460 e. The summed E-state index contributed by atoms with van der Waals surface area (Å²) in [5.74, 6) is -0.405. The Morgan fingerprint density at radius 3 is 2.27 bits per heavy atom. The highest BCUT2D eigenvalue weighted by atomic mass is 16.6. The lowest BCUT2D eigenvalue weighted by atomic mass is 9.77. The molecular weight excluding hydrogens is 374 g/mol. The van der Waals surface area contributed by atoms with E-state index in [1.165, 1.54) is 5.56 Å². The summed E-state index contributed by atoms with van der Waals surface area (Å²) >= 11 is 0. The van der Waals surface area contributed by atoms with Crippen LogP contribution in [-0.2, 0) is 15.1 Å². The smallest absolute Gasteiger partial charge is 0.311 e. The molecule has 30 heavy (non-hydrogen) atoms. The molecule has 2 aromatic carbocycles. The van der Waals surface area contributed by atoms with Crippen LogP contribution in [0.3, 0.4) is 0 Å². The van der Waals surface area contributed by atoms with E-state index >= 15 is 0 Å². The third kappa shape index (κ3) is 3.57. The Hall–Kier alpha value is -2.17. The highest BCUT2D eigenvalue weighted by Gasteiger charge is 2.62. The number of esters is 1. The molecule has 4 rings (SSSR count). The van der Waals surface area contributed by atoms with Crippen LogP contribution in [0.4, 0.5) is 0 Å². The van der Waals surface area contributed by atoms with Gasteiger partial charge in [0, 0.05) is 12.1 Å². The first kappa shape index (κ1) is 21.1. The molecule has 0 radical (unpaired) electrons. The van der Waals surface area contributed by atoms with Crippen molar-refractivity contribution in [1.29, 1.82) is 0 Å². The van der Waals surface area contributed by atoms with Crippen LogP contribution in [0.1, 0.15) is 64.1 Å². The van der Waals surface area contributed by atoms with E-state index < -0.39 is 17.2 Å². The average Bonchev–Trinajstić information content (AvgIpc) is 3.00. The summed E-state index contributed by atoms with van der Waals surface area (Å²) in [5, 5.41) is 11.4. The molecule has 1 N–H and O–H groups in total. The van der Waals surface area contributed by atoms with Gasteiger partial charge >= 0.3 is 5.97 Å². The average molecular weight is 408 g/mol. The van der Waals surface area contributed by atoms with Crippen molar-refractivity contribution in [3.63, 3.8) is 0 Å². The van der Waals surface area contributed by atoms with Crippen molar-refractivity contribution >= 4 is 5.97 Å². The van der Waals surface area contributed by atoms with Crippen molar-refractivity contribution in [3.8, 4) is 0 Å². The van der Waals surface area contributed by atoms with E-state index in [1.54, 1.807) is 0 Å². The van der Waals surface area contributed by atoms with E-state index in [-0.39, 0.29) is 24.0 Å². The van der Waals surface area contributed by atoms with Crippen LogP contribution in [0.5, 0.6) is 0 Å². The van der Waals surface area contributed by atoms with Crippen molar-refractivity contribution in [2.45, 2.75) is 76.3 Å². The molecule has 4 nitrogen and oxygen atoms in total. The van der Waals surface area contributed by atoms with Gasteiger partial charge in [-0.2, -0.15) is 0 Å². The zero-order valence-electron chi connectivity index (χ0n) is 18.4. The summed E-state index contributed by atoms with van der Waals surface area (Å²) in [6.45, 7) is 7.93. The van der Waals surface area contributed by atoms with Crippen molar-refractivity contribution in [3.05, 3.63) is 71.8 Å². The van der Waals surface area contributed by atoms with E-state index in [4.69, 9.17) is 4.74 Å². The lowest BCUT2D eigenvalue weighted by molar-refractivity contribution is -0.161. The maximum absolute atomic E-state index is 13.3. The number of fused-ring (bicyclic) bond motifs is 2. The molecule has 160 valence electrons. The van der Waals surface area contributed by atoms with Crippen molar-refractivity contribution in [1.82, 2.24) is 4.90 Å². The van der Waals surface area contributed by atoms with Crippen LogP contribution in [0, 0.1) is 5.92 Å². The van der Waals surface area contributed by atoms with Crippen LogP contribution in [-0.4, -0.2) is 33.7 Å². The standard InChI is InChI=1S/C26H33NO3/c1-18(19-11-7-5-8-12-19)27-22-15-16-23(28)26(27,20-13-9-6-10-14-20)17-21(22)24(29)30-25(2,3)4/h5-14,18,21-23,28H,15-17H2,1-4H3/t18-,21-,22+,23-,26-/m0/s1. The number of nitrogens with zero attached hydrogens (tertiary/aromatic N) is 1. The molecule has 0 aromatic heterocycles. The fourth-order valence-electron chi connectivity index (χ4n) is 5.61. The van der Waals surface area contributed by atoms with Gasteiger partial charge in [0.05, 0.1) is 17.6 Å². The Labute approximate surface area is 179 Å². The number of hydrogen-bond donors (Lipinski definition) is 1. The van der Waals surface area contributed by atoms with Gasteiger partial charge in [0.25, 0.3) is 0 Å². The number of hydrogen-bond acceptors (Lipinski definition) is 4. The van der Waals surface area contributed by atoms with Gasteiger partial charge in [-0.25, -0.2) is 0 Å². The molecule has 2 aliphatic rings. The minimum absolute atomic E-state index is 0.0404. The molecule has 0 unspecified atom stereocenters. The first-order valence-corrected chi connectivity index (χ1v) is 11.0. The van der Waals surface area contributed by atoms with Crippen LogP contribution < -0.4 is 0 Å². The van der Waals surface area contributed by atoms with E-state index in [0.717, 1.165) is 12.0 Å². The summed E-state index contributed by atoms with van der Waals surface area (Å²) in [5.41, 5.74) is 1.15. The predicted octanol–water partition coefficient (Wildman–Crippen LogP) is 4.83. The molecule has 2 aliphatic heterocycles. The van der Waals surface area contributed by atoms with E-state index in [9.17, 15) is 9.90 Å². The maximum Gasteiger partial charge on any atom is 0.311 e. The van der Waals surface area contributed by atoms with E-state index in [0.29, 0.717) is 12.8 Å². The summed E-state index contributed by atoms with van der Waals surface area (Å²) in [6.07, 6.45) is 1.53. The molecule has 2 fully saturated rings. The number of carbonyl (C=O) groups is 1. The van der Waals surface area contributed by atoms with Gasteiger partial charge in [-0.1, -0.05) is 60.7 Å². The third-order valence-electron chi connectivity index (χ3n) is 6.78. The van der Waals surface area contributed by atoms with Crippen molar-refractivity contribution < 1.29 is 14.6 Å². The topological polar surface area (TPSA) is 49.8 Å². The quantitative estimate of drug-likeness (QED) is 0.738. The van der Waals surface area contributed by atoms with Gasteiger partial charge < -0.3 is 9.84 Å². The fourth-order valence-corrected chi connectivity index (χ4v) is 5.61. The lowest BCUT2D eigenvalue weighted by Gasteiger charge is -2.51. The first-order valence-electron chi connectivity index (χ1n) is 11.0. The van der Waals surface area contributed by atoms with Gasteiger partial charge in [-0.15, -0.1) is 0 Å². The van der Waals surface area contributed by atoms with Crippen LogP contribution in [0.15, 0.2) is 60.7 Å². The number of piperidine rings is 1. The Morgan fingerprint density at radius 1 is 1.07 bits per heavy atom. The Bertz CT molecular complexity index is 876. The molecule has 5 atom stereocenters. The summed E-state index contributed by atoms with van der Waals surface area (Å²) in [7, 11) is 0. The third-order valence-corrected chi connectivity index (χ3v) is 6.78. The van der Waals surface area contributed by atoms with E-state index in [1.807, 2.05) is 45.0 Å². The van der Waals surface area contributed by atoms with Gasteiger partial charge in [0.2, 0.25) is 0 Å². The second-order valence-corrected chi connectivity index (χ2v) is 9.79. The second kappa shape index (κ2) is 7.82. The first-order chi connectivity index (χ1) is 14.2. The molecule has 0 aliphatic carbocycles. The molecule has 0 amide bonds. The summed E-state index contributed by atoms with van der Waals surface area (Å²) < 4.78 is 5.83. The van der Waals surface area contributed by atoms with Crippen LogP contribution >= 0.6 is 0 Å². The molecule has 4 heteroatoms. The van der Waals surface area contributed by atoms with Gasteiger partial charge in [0.15, 0.2) is 0 Å². The predicted molar refractivity (Wildman–Crippen MR) is 118 cm³/mol. The summed E-state index contributed by atoms with van der Waals surface area (Å²) in [4.78, 5) is 15.7. The number of benzene rings is 2. The maximum atomic E-state index is 13.3. The van der Waals surface area contributed by atoms with Crippen LogP contribution in [0.2, 0.25) is 0 Å². The van der Waals surface area contributed by atoms with Gasteiger partial charge in [0.1, 0.15) is 5.60 Å². The summed E-state index contributed by atoms with van der Waals surface area (Å²) in [6, 6.07) is 20.7. The minimum Gasteiger partial charge on any atom is -0.460 e. The second-order valence-electron chi connectivity index (χ2n) is 9.79. The minimum atomic E-state index is -0.596. The Morgan fingerprint density at radius 2 is 1.67 bits per heavy atom. The number of aliphatic hydroxyl groups is 1. The molecule has 2 aromatic rings. The molecule has 0 saturated carbocycles. The van der Waals surface area contributed by atoms with Crippen molar-refractivity contribution in [2.75, 3.05) is 0 Å². The fraction of sp³-hybridized carbons (Fsp3) is 0.500. The number of rotatable bonds is 4. The molecule has 2 saturated heterocycles. The molecular formula is C26H33NO3. The highest BCUT2D eigenvalue weighted by molar-refractivity contribution is 5.75. The number of carbonyl (C=O) groups excluding carboxylic acids is 1. The molecule has 2 heterocycles. The highest BCUT2D eigenvalue weighted by Crippen LogP contribution is 2.56. The SMILES string of the molecule is C[C@@H](c1ccccc1)N1[C@@H]2CC[C@H](O)[C@@]1(c1ccccc1)C[C@@H]2C(=O)OC(C)(C)C. The number of aliphatic hydroxyl groups excluding tert-OH is 1. The normalized spacial score (nSPS) is 30.1. The zero-order valence-corrected chi connectivity index (χ0v) is 18.4. The van der Waals surface area contributed by atoms with Crippen molar-refractivity contribution in [2.24, 2.45) is 5.92 Å². The Balaban J connectivity index is 1.81. The van der Waals surface area contributed by atoms with E-state index in [2.05, 4.69) is 48.2 Å². The Kier molecular flexibility index (Phi) is 5.50. The zero-order chi connectivity index (χ0) is 21.5. The number of ether oxygens (including phenoxy) is 1. The monoisotopic (exact) mass is 407 g/mol. The van der Waals surface area contributed by atoms with Gasteiger partial charge in [-0.05, 0) is 58.1 Å². The van der Waals surface area contributed by atoms with Crippen LogP contribution in [0.25, 0.3) is 0 Å². The lowest BCUT2D eigenvalue weighted by Crippen LogP contribution is -2.57. The molecule has 0 spiro atoms.